The standard InChI is InChI=1S/C21H22O/c1-19(2)20(14-9-5-3-6-10-14)16-13-17(22)18(16)21(19,20)15-11-7-4-8-12-15/h3-12,16-18,22H,13H2,1-2H3/t16-,17+,18-,20+,21-/m1/s1. The molecule has 1 N–H and O–H groups in total. The molecule has 3 fully saturated rings. The van der Waals surface area contributed by atoms with Gasteiger partial charge in [0.05, 0.1) is 6.10 Å². The number of rotatable bonds is 2. The molecule has 0 unspecified atom stereocenters. The minimum Gasteiger partial charge on any atom is -0.393 e. The predicted octanol–water partition coefficient (Wildman–Crippen LogP) is 3.91. The smallest absolute Gasteiger partial charge is 0.0583 e. The zero-order valence-corrected chi connectivity index (χ0v) is 13.2. The van der Waals surface area contributed by atoms with Crippen LogP contribution in [0.4, 0.5) is 0 Å². The Hall–Kier alpha value is -1.60. The van der Waals surface area contributed by atoms with Crippen LogP contribution in [0, 0.1) is 17.3 Å². The van der Waals surface area contributed by atoms with Crippen LogP contribution >= 0.6 is 0 Å². The van der Waals surface area contributed by atoms with Crippen molar-refractivity contribution in [3.8, 4) is 0 Å². The van der Waals surface area contributed by atoms with Crippen molar-refractivity contribution in [1.29, 1.82) is 0 Å². The van der Waals surface area contributed by atoms with E-state index < -0.39 is 0 Å². The molecule has 5 atom stereocenters. The molecule has 1 heteroatoms. The van der Waals surface area contributed by atoms with E-state index in [9.17, 15) is 5.11 Å². The van der Waals surface area contributed by atoms with Gasteiger partial charge in [-0.1, -0.05) is 74.5 Å². The van der Waals surface area contributed by atoms with E-state index in [1.54, 1.807) is 0 Å². The summed E-state index contributed by atoms with van der Waals surface area (Å²) in [5.41, 5.74) is 3.42. The van der Waals surface area contributed by atoms with Gasteiger partial charge in [0, 0.05) is 10.8 Å². The van der Waals surface area contributed by atoms with Crippen molar-refractivity contribution in [2.45, 2.75) is 37.2 Å². The van der Waals surface area contributed by atoms with Crippen LogP contribution in [-0.4, -0.2) is 11.2 Å². The van der Waals surface area contributed by atoms with Gasteiger partial charge in [0.2, 0.25) is 0 Å². The fourth-order valence-electron chi connectivity index (χ4n) is 6.93. The fraction of sp³-hybridized carbons (Fsp3) is 0.429. The van der Waals surface area contributed by atoms with Gasteiger partial charge >= 0.3 is 0 Å². The molecule has 0 aromatic heterocycles. The van der Waals surface area contributed by atoms with Crippen LogP contribution in [0.25, 0.3) is 0 Å². The zero-order chi connectivity index (χ0) is 15.2. The van der Waals surface area contributed by atoms with Crippen molar-refractivity contribution in [2.24, 2.45) is 17.3 Å². The van der Waals surface area contributed by atoms with Crippen molar-refractivity contribution in [1.82, 2.24) is 0 Å². The van der Waals surface area contributed by atoms with Crippen LogP contribution in [-0.2, 0) is 10.8 Å². The summed E-state index contributed by atoms with van der Waals surface area (Å²) >= 11 is 0. The predicted molar refractivity (Wildman–Crippen MR) is 87.6 cm³/mol. The Morgan fingerprint density at radius 3 is 1.82 bits per heavy atom. The highest BCUT2D eigenvalue weighted by Gasteiger charge is 2.98. The summed E-state index contributed by atoms with van der Waals surface area (Å²) in [4.78, 5) is 0. The molecule has 0 bridgehead atoms. The van der Waals surface area contributed by atoms with E-state index in [0.717, 1.165) is 6.42 Å². The maximum Gasteiger partial charge on any atom is 0.0583 e. The maximum atomic E-state index is 10.5. The van der Waals surface area contributed by atoms with Gasteiger partial charge < -0.3 is 5.11 Å². The molecule has 112 valence electrons. The number of fused-ring (bicyclic) bond motifs is 4. The summed E-state index contributed by atoms with van der Waals surface area (Å²) in [5.74, 6) is 1.07. The molecule has 3 saturated carbocycles. The molecule has 22 heavy (non-hydrogen) atoms. The highest BCUT2D eigenvalue weighted by molar-refractivity contribution is 5.65. The van der Waals surface area contributed by atoms with E-state index in [-0.39, 0.29) is 22.3 Å². The number of hydrogen-bond donors (Lipinski definition) is 1. The average molecular weight is 290 g/mol. The van der Waals surface area contributed by atoms with Gasteiger partial charge in [0.15, 0.2) is 0 Å². The summed E-state index contributed by atoms with van der Waals surface area (Å²) in [6.07, 6.45) is 0.848. The van der Waals surface area contributed by atoms with E-state index >= 15 is 0 Å². The summed E-state index contributed by atoms with van der Waals surface area (Å²) in [5, 5.41) is 10.5. The molecule has 3 aliphatic rings. The molecule has 0 radical (unpaired) electrons. The highest BCUT2D eigenvalue weighted by Crippen LogP contribution is 2.96. The zero-order valence-electron chi connectivity index (χ0n) is 13.2. The first-order chi connectivity index (χ1) is 10.6. The van der Waals surface area contributed by atoms with Crippen molar-refractivity contribution in [3.05, 3.63) is 71.8 Å². The second-order valence-electron chi connectivity index (χ2n) is 7.91. The first-order valence-electron chi connectivity index (χ1n) is 8.39. The molecule has 0 saturated heterocycles. The number of aliphatic hydroxyl groups is 1. The van der Waals surface area contributed by atoms with Crippen LogP contribution in [0.5, 0.6) is 0 Å². The topological polar surface area (TPSA) is 20.2 Å². The first-order valence-corrected chi connectivity index (χ1v) is 8.39. The third-order valence-corrected chi connectivity index (χ3v) is 7.39. The Morgan fingerprint density at radius 1 is 0.818 bits per heavy atom. The van der Waals surface area contributed by atoms with E-state index in [1.807, 2.05) is 0 Å². The van der Waals surface area contributed by atoms with Gasteiger partial charge in [-0.15, -0.1) is 0 Å². The molecule has 2 aromatic carbocycles. The van der Waals surface area contributed by atoms with Crippen molar-refractivity contribution >= 4 is 0 Å². The molecular weight excluding hydrogens is 268 g/mol. The van der Waals surface area contributed by atoms with Crippen molar-refractivity contribution in [3.63, 3.8) is 0 Å². The Bertz CT molecular complexity index is 735. The molecule has 2 aromatic rings. The third kappa shape index (κ3) is 0.980. The Kier molecular flexibility index (Phi) is 2.14. The molecule has 3 aliphatic carbocycles. The van der Waals surface area contributed by atoms with E-state index in [4.69, 9.17) is 0 Å². The quantitative estimate of drug-likeness (QED) is 0.889. The third-order valence-electron chi connectivity index (χ3n) is 7.39. The molecule has 0 heterocycles. The molecular formula is C21H22O. The van der Waals surface area contributed by atoms with E-state index in [2.05, 4.69) is 74.5 Å². The molecule has 5 rings (SSSR count). The largest absolute Gasteiger partial charge is 0.393 e. The molecule has 0 amide bonds. The molecule has 0 spiro atoms. The van der Waals surface area contributed by atoms with Gasteiger partial charge in [0.25, 0.3) is 0 Å². The number of hydrogen-bond acceptors (Lipinski definition) is 1. The Labute approximate surface area is 132 Å². The minimum absolute atomic E-state index is 0.116. The highest BCUT2D eigenvalue weighted by atomic mass is 16.3. The van der Waals surface area contributed by atoms with Gasteiger partial charge in [-0.2, -0.15) is 0 Å². The Morgan fingerprint density at radius 2 is 1.32 bits per heavy atom. The summed E-state index contributed by atoms with van der Waals surface area (Å²) in [7, 11) is 0. The van der Waals surface area contributed by atoms with Gasteiger partial charge in [0.1, 0.15) is 0 Å². The van der Waals surface area contributed by atoms with Crippen LogP contribution in [0.3, 0.4) is 0 Å². The van der Waals surface area contributed by atoms with Crippen molar-refractivity contribution in [2.75, 3.05) is 0 Å². The molecule has 1 nitrogen and oxygen atoms in total. The monoisotopic (exact) mass is 290 g/mol. The van der Waals surface area contributed by atoms with Crippen LogP contribution in [0.15, 0.2) is 60.7 Å². The second-order valence-corrected chi connectivity index (χ2v) is 7.91. The van der Waals surface area contributed by atoms with Crippen molar-refractivity contribution < 1.29 is 5.11 Å². The first kappa shape index (κ1) is 12.9. The maximum absolute atomic E-state index is 10.5. The number of benzene rings is 2. The minimum atomic E-state index is -0.121. The number of aliphatic hydroxyl groups excluding tert-OH is 1. The van der Waals surface area contributed by atoms with E-state index in [0.29, 0.717) is 11.8 Å². The lowest BCUT2D eigenvalue weighted by molar-refractivity contribution is -0.133. The van der Waals surface area contributed by atoms with Gasteiger partial charge in [-0.25, -0.2) is 0 Å². The van der Waals surface area contributed by atoms with Crippen LogP contribution in [0.2, 0.25) is 0 Å². The lowest BCUT2D eigenvalue weighted by atomic mass is 9.43. The molecule has 0 aliphatic heterocycles. The lowest BCUT2D eigenvalue weighted by Crippen LogP contribution is -2.64. The Balaban J connectivity index is 1.76. The SMILES string of the molecule is CC1(C)[C@]2(c3ccccc3)[C@@H]3C[C@H](O)[C@@H]3[C@]12c1ccccc1. The van der Waals surface area contributed by atoms with Gasteiger partial charge in [-0.05, 0) is 34.8 Å². The summed E-state index contributed by atoms with van der Waals surface area (Å²) in [6, 6.07) is 22.0. The van der Waals surface area contributed by atoms with Gasteiger partial charge in [-0.3, -0.25) is 0 Å². The average Bonchev–Trinajstić information content (AvgIpc) is 2.91. The lowest BCUT2D eigenvalue weighted by Gasteiger charge is -2.61. The second kappa shape index (κ2) is 3.65. The van der Waals surface area contributed by atoms with Crippen LogP contribution < -0.4 is 0 Å². The normalized spacial score (nSPS) is 43.3. The fourth-order valence-corrected chi connectivity index (χ4v) is 6.93. The summed E-state index contributed by atoms with van der Waals surface area (Å²) in [6.45, 7) is 4.83. The van der Waals surface area contributed by atoms with Crippen LogP contribution in [0.1, 0.15) is 31.4 Å². The summed E-state index contributed by atoms with van der Waals surface area (Å²) < 4.78 is 0. The van der Waals surface area contributed by atoms with E-state index in [1.165, 1.54) is 11.1 Å².